The Labute approximate surface area is 180 Å². The molecule has 4 nitrogen and oxygen atoms in total. The van der Waals surface area contributed by atoms with E-state index in [4.69, 9.17) is 9.72 Å². The van der Waals surface area contributed by atoms with Gasteiger partial charge in [0.25, 0.3) is 0 Å². The lowest BCUT2D eigenvalue weighted by Crippen LogP contribution is -1.98. The van der Waals surface area contributed by atoms with Gasteiger partial charge in [-0.25, -0.2) is 4.98 Å². The quantitative estimate of drug-likeness (QED) is 0.342. The summed E-state index contributed by atoms with van der Waals surface area (Å²) < 4.78 is 9.78. The van der Waals surface area contributed by atoms with Crippen LogP contribution in [0.5, 0.6) is 5.75 Å². The zero-order chi connectivity index (χ0) is 20.9. The first-order valence-electron chi connectivity index (χ1n) is 10.4. The molecule has 31 heavy (non-hydrogen) atoms. The number of aromatic nitrogens is 3. The SMILES string of the molecule is COc1ccc(-n2c(-c3ccc(C)cc3)cn3c4ccc5ccccc5c4nc23)cc1. The normalized spacial score (nSPS) is 11.5. The van der Waals surface area contributed by atoms with E-state index in [-0.39, 0.29) is 0 Å². The van der Waals surface area contributed by atoms with E-state index in [2.05, 4.69) is 94.9 Å². The monoisotopic (exact) mass is 403 g/mol. The Morgan fingerprint density at radius 3 is 2.35 bits per heavy atom. The van der Waals surface area contributed by atoms with Gasteiger partial charge in [0.1, 0.15) is 5.75 Å². The second kappa shape index (κ2) is 6.74. The van der Waals surface area contributed by atoms with Crippen molar-refractivity contribution >= 4 is 27.6 Å². The van der Waals surface area contributed by atoms with E-state index in [9.17, 15) is 0 Å². The second-order valence-electron chi connectivity index (χ2n) is 7.85. The molecule has 6 aromatic rings. The lowest BCUT2D eigenvalue weighted by molar-refractivity contribution is 0.415. The third kappa shape index (κ3) is 2.72. The van der Waals surface area contributed by atoms with Crippen LogP contribution in [0, 0.1) is 6.92 Å². The highest BCUT2D eigenvalue weighted by Gasteiger charge is 2.18. The molecule has 150 valence electrons. The summed E-state index contributed by atoms with van der Waals surface area (Å²) in [5, 5.41) is 2.37. The number of hydrogen-bond donors (Lipinski definition) is 0. The van der Waals surface area contributed by atoms with Crippen LogP contribution in [0.3, 0.4) is 0 Å². The van der Waals surface area contributed by atoms with Crippen LogP contribution in [0.1, 0.15) is 5.56 Å². The number of imidazole rings is 2. The summed E-state index contributed by atoms with van der Waals surface area (Å²) in [6.45, 7) is 2.11. The number of benzene rings is 4. The molecule has 0 saturated carbocycles. The average molecular weight is 403 g/mol. The molecule has 4 aromatic carbocycles. The molecule has 6 rings (SSSR count). The minimum absolute atomic E-state index is 0.836. The lowest BCUT2D eigenvalue weighted by atomic mass is 10.1. The maximum atomic E-state index is 5.37. The summed E-state index contributed by atoms with van der Waals surface area (Å²) in [7, 11) is 1.69. The number of nitrogens with zero attached hydrogens (tertiary/aromatic N) is 3. The number of ether oxygens (including phenoxy) is 1. The Morgan fingerprint density at radius 2 is 1.58 bits per heavy atom. The largest absolute Gasteiger partial charge is 0.497 e. The van der Waals surface area contributed by atoms with E-state index >= 15 is 0 Å². The first kappa shape index (κ1) is 17.8. The van der Waals surface area contributed by atoms with Crippen molar-refractivity contribution in [1.29, 1.82) is 0 Å². The summed E-state index contributed by atoms with van der Waals surface area (Å²) in [5.74, 6) is 1.73. The van der Waals surface area contributed by atoms with Crippen LogP contribution < -0.4 is 4.74 Å². The molecule has 4 heteroatoms. The molecule has 2 heterocycles. The molecule has 0 saturated heterocycles. The third-order valence-electron chi connectivity index (χ3n) is 5.94. The summed E-state index contributed by atoms with van der Waals surface area (Å²) in [6.07, 6.45) is 2.19. The Balaban J connectivity index is 1.70. The van der Waals surface area contributed by atoms with Gasteiger partial charge in [0, 0.05) is 22.8 Å². The van der Waals surface area contributed by atoms with Gasteiger partial charge in [0.05, 0.1) is 23.8 Å². The lowest BCUT2D eigenvalue weighted by Gasteiger charge is -2.10. The molecular weight excluding hydrogens is 382 g/mol. The van der Waals surface area contributed by atoms with Crippen LogP contribution in [-0.4, -0.2) is 21.1 Å². The molecule has 0 atom stereocenters. The van der Waals surface area contributed by atoms with E-state index in [1.54, 1.807) is 7.11 Å². The van der Waals surface area contributed by atoms with Gasteiger partial charge in [-0.05, 0) is 42.6 Å². The van der Waals surface area contributed by atoms with Crippen molar-refractivity contribution in [3.05, 3.63) is 96.7 Å². The number of aryl methyl sites for hydroxylation is 1. The molecule has 0 N–H and O–H groups in total. The maximum Gasteiger partial charge on any atom is 0.220 e. The van der Waals surface area contributed by atoms with Gasteiger partial charge in [0.15, 0.2) is 0 Å². The van der Waals surface area contributed by atoms with Crippen LogP contribution in [0.4, 0.5) is 0 Å². The molecule has 0 aliphatic heterocycles. The van der Waals surface area contributed by atoms with Crippen molar-refractivity contribution in [3.8, 4) is 22.7 Å². The molecular formula is C27H21N3O. The predicted octanol–water partition coefficient (Wildman–Crippen LogP) is 6.42. The fraction of sp³-hybridized carbons (Fsp3) is 0.0741. The molecule has 0 fully saturated rings. The predicted molar refractivity (Wildman–Crippen MR) is 126 cm³/mol. The molecule has 0 radical (unpaired) electrons. The summed E-state index contributed by atoms with van der Waals surface area (Å²) >= 11 is 0. The minimum atomic E-state index is 0.836. The fourth-order valence-corrected chi connectivity index (χ4v) is 4.30. The van der Waals surface area contributed by atoms with E-state index in [1.165, 1.54) is 16.3 Å². The second-order valence-corrected chi connectivity index (χ2v) is 7.85. The first-order valence-corrected chi connectivity index (χ1v) is 10.4. The summed E-state index contributed by atoms with van der Waals surface area (Å²) in [5.41, 5.74) is 6.67. The molecule has 0 aliphatic rings. The standard InChI is InChI=1S/C27H21N3O/c1-18-7-9-20(10-8-18)25-17-29-24-16-11-19-5-3-4-6-23(19)26(24)28-27(29)30(25)21-12-14-22(31-2)15-13-21/h3-17H,1-2H3. The average Bonchev–Trinajstić information content (AvgIpc) is 3.36. The summed E-state index contributed by atoms with van der Waals surface area (Å²) in [4.78, 5) is 5.12. The third-order valence-corrected chi connectivity index (χ3v) is 5.94. The highest BCUT2D eigenvalue weighted by Crippen LogP contribution is 2.33. The molecule has 0 spiro atoms. The van der Waals surface area contributed by atoms with E-state index in [0.717, 1.165) is 39.5 Å². The van der Waals surface area contributed by atoms with Gasteiger partial charge < -0.3 is 4.74 Å². The van der Waals surface area contributed by atoms with Crippen molar-refractivity contribution in [2.45, 2.75) is 6.92 Å². The van der Waals surface area contributed by atoms with Crippen LogP contribution >= 0.6 is 0 Å². The van der Waals surface area contributed by atoms with Gasteiger partial charge in [0.2, 0.25) is 5.78 Å². The van der Waals surface area contributed by atoms with Gasteiger partial charge in [-0.15, -0.1) is 0 Å². The van der Waals surface area contributed by atoms with Crippen molar-refractivity contribution in [2.75, 3.05) is 7.11 Å². The first-order chi connectivity index (χ1) is 15.2. The fourth-order valence-electron chi connectivity index (χ4n) is 4.30. The molecule has 0 aliphatic carbocycles. The Kier molecular flexibility index (Phi) is 3.87. The maximum absolute atomic E-state index is 5.37. The smallest absolute Gasteiger partial charge is 0.220 e. The number of hydrogen-bond acceptors (Lipinski definition) is 2. The highest BCUT2D eigenvalue weighted by atomic mass is 16.5. The van der Waals surface area contributed by atoms with Crippen LogP contribution in [0.25, 0.3) is 44.5 Å². The van der Waals surface area contributed by atoms with Gasteiger partial charge in [-0.1, -0.05) is 60.2 Å². The molecule has 2 aromatic heterocycles. The van der Waals surface area contributed by atoms with Gasteiger partial charge in [-0.2, -0.15) is 0 Å². The topological polar surface area (TPSA) is 31.5 Å². The van der Waals surface area contributed by atoms with Crippen LogP contribution in [-0.2, 0) is 0 Å². The molecule has 0 bridgehead atoms. The van der Waals surface area contributed by atoms with Crippen molar-refractivity contribution < 1.29 is 4.74 Å². The highest BCUT2D eigenvalue weighted by molar-refractivity contribution is 6.05. The number of methoxy groups -OCH3 is 1. The van der Waals surface area contributed by atoms with Crippen LogP contribution in [0.15, 0.2) is 91.1 Å². The van der Waals surface area contributed by atoms with Crippen molar-refractivity contribution in [3.63, 3.8) is 0 Å². The zero-order valence-corrected chi connectivity index (χ0v) is 17.4. The van der Waals surface area contributed by atoms with E-state index < -0.39 is 0 Å². The Morgan fingerprint density at radius 1 is 0.806 bits per heavy atom. The van der Waals surface area contributed by atoms with Gasteiger partial charge in [-0.3, -0.25) is 8.97 Å². The van der Waals surface area contributed by atoms with Crippen LogP contribution in [0.2, 0.25) is 0 Å². The van der Waals surface area contributed by atoms with Crippen molar-refractivity contribution in [2.24, 2.45) is 0 Å². The molecule has 0 unspecified atom stereocenters. The zero-order valence-electron chi connectivity index (χ0n) is 17.4. The minimum Gasteiger partial charge on any atom is -0.497 e. The Hall–Kier alpha value is -4.05. The number of fused-ring (bicyclic) bond motifs is 5. The van der Waals surface area contributed by atoms with E-state index in [0.29, 0.717) is 0 Å². The van der Waals surface area contributed by atoms with Gasteiger partial charge >= 0.3 is 0 Å². The Bertz CT molecular complexity index is 1550. The number of rotatable bonds is 3. The molecule has 0 amide bonds. The van der Waals surface area contributed by atoms with Crippen molar-refractivity contribution in [1.82, 2.24) is 14.0 Å². The summed E-state index contributed by atoms with van der Waals surface area (Å²) in [6, 6.07) is 29.5. The van der Waals surface area contributed by atoms with E-state index in [1.807, 2.05) is 12.1 Å².